The van der Waals surface area contributed by atoms with Crippen LogP contribution in [0.4, 0.5) is 0 Å². The van der Waals surface area contributed by atoms with Crippen LogP contribution in [-0.4, -0.2) is 4.57 Å². The highest BCUT2D eigenvalue weighted by Crippen LogP contribution is 2.03. The molecular weight excluding hydrogens is 194 g/mol. The van der Waals surface area contributed by atoms with Gasteiger partial charge in [-0.2, -0.15) is 0 Å². The van der Waals surface area contributed by atoms with Gasteiger partial charge in [-0.05, 0) is 28.1 Å². The Balaban J connectivity index is 3.22. The minimum Gasteiger partial charge on any atom is -0.319 e. The van der Waals surface area contributed by atoms with E-state index in [1.165, 1.54) is 0 Å². The minimum absolute atomic E-state index is 0.346. The van der Waals surface area contributed by atoms with Gasteiger partial charge in [-0.25, -0.2) is 0 Å². The van der Waals surface area contributed by atoms with Crippen molar-refractivity contribution < 1.29 is 0 Å². The van der Waals surface area contributed by atoms with Crippen LogP contribution in [0.2, 0.25) is 0 Å². The summed E-state index contributed by atoms with van der Waals surface area (Å²) in [7, 11) is 0. The molecule has 54 valence electrons. The molecule has 0 fully saturated rings. The van der Waals surface area contributed by atoms with E-state index in [0.29, 0.717) is 12.2 Å². The average molecular weight is 202 g/mol. The summed E-state index contributed by atoms with van der Waals surface area (Å²) in [6.07, 6.45) is 1.78. The molecule has 0 spiro atoms. The Labute approximate surface area is 67.1 Å². The fourth-order valence-electron chi connectivity index (χ4n) is 0.667. The zero-order valence-electron chi connectivity index (χ0n) is 5.34. The van der Waals surface area contributed by atoms with Crippen molar-refractivity contribution in [3.63, 3.8) is 0 Å². The first-order valence-corrected chi connectivity index (χ1v) is 3.64. The fourth-order valence-corrected chi connectivity index (χ4v) is 1.05. The summed E-state index contributed by atoms with van der Waals surface area (Å²) in [5, 5.41) is 7.33. The van der Waals surface area contributed by atoms with E-state index in [9.17, 15) is 0 Å². The molecule has 0 aliphatic rings. The van der Waals surface area contributed by atoms with Crippen LogP contribution in [0.15, 0.2) is 22.8 Å². The molecule has 0 amide bonds. The molecule has 0 aliphatic heterocycles. The first-order chi connectivity index (χ1) is 4.74. The van der Waals surface area contributed by atoms with Crippen molar-refractivity contribution in [3.8, 4) is 0 Å². The van der Waals surface area contributed by atoms with Gasteiger partial charge in [-0.3, -0.25) is 5.41 Å². The zero-order chi connectivity index (χ0) is 7.56. The minimum atomic E-state index is 0.346. The van der Waals surface area contributed by atoms with E-state index in [1.54, 1.807) is 16.8 Å². The highest BCUT2D eigenvalue weighted by atomic mass is 79.9. The number of aromatic nitrogens is 1. The molecule has 0 bridgehead atoms. The molecule has 0 atom stereocenters. The average Bonchev–Trinajstić information content (AvgIpc) is 1.94. The van der Waals surface area contributed by atoms with Crippen LogP contribution in [0.1, 0.15) is 0 Å². The van der Waals surface area contributed by atoms with Crippen LogP contribution in [0.5, 0.6) is 0 Å². The Kier molecular flexibility index (Phi) is 2.24. The smallest absolute Gasteiger partial charge is 0.125 e. The van der Waals surface area contributed by atoms with Crippen LogP contribution in [0, 0.1) is 5.41 Å². The zero-order valence-corrected chi connectivity index (χ0v) is 6.93. The molecule has 10 heavy (non-hydrogen) atoms. The van der Waals surface area contributed by atoms with Crippen molar-refractivity contribution in [3.05, 3.63) is 28.3 Å². The van der Waals surface area contributed by atoms with Crippen molar-refractivity contribution >= 4 is 15.9 Å². The number of rotatable bonds is 1. The predicted molar refractivity (Wildman–Crippen MR) is 42.2 cm³/mol. The van der Waals surface area contributed by atoms with Crippen molar-refractivity contribution in [2.24, 2.45) is 5.73 Å². The van der Waals surface area contributed by atoms with E-state index in [-0.39, 0.29) is 0 Å². The Morgan fingerprint density at radius 1 is 1.60 bits per heavy atom. The topological polar surface area (TPSA) is 54.8 Å². The quantitative estimate of drug-likeness (QED) is 0.689. The molecule has 0 saturated heterocycles. The summed E-state index contributed by atoms with van der Waals surface area (Å²) < 4.78 is 2.58. The second-order valence-electron chi connectivity index (χ2n) is 1.88. The van der Waals surface area contributed by atoms with Crippen LogP contribution in [0.25, 0.3) is 0 Å². The molecular formula is C6H8BrN3. The molecule has 1 aromatic heterocycles. The second kappa shape index (κ2) is 2.98. The molecule has 3 nitrogen and oxygen atoms in total. The number of nitrogens with zero attached hydrogens (tertiary/aromatic N) is 1. The number of halogens is 1. The van der Waals surface area contributed by atoms with E-state index in [2.05, 4.69) is 15.9 Å². The summed E-state index contributed by atoms with van der Waals surface area (Å²) >= 11 is 3.28. The molecule has 1 rings (SSSR count). The Morgan fingerprint density at radius 2 is 2.30 bits per heavy atom. The third-order valence-corrected chi connectivity index (χ3v) is 1.65. The number of nitrogens with one attached hydrogen (secondary N) is 1. The lowest BCUT2D eigenvalue weighted by molar-refractivity contribution is 0.676. The predicted octanol–water partition coefficient (Wildman–Crippen LogP) is 0.646. The molecule has 0 aliphatic carbocycles. The first kappa shape index (κ1) is 7.50. The maximum atomic E-state index is 7.33. The molecule has 1 heterocycles. The molecule has 1 aromatic rings. The Bertz CT molecular complexity index is 279. The third kappa shape index (κ3) is 1.46. The number of pyridine rings is 1. The SMILES string of the molecule is N=c1ccc(Br)cn1CN. The molecule has 0 saturated carbocycles. The molecule has 4 heteroatoms. The number of hydrogen-bond donors (Lipinski definition) is 2. The summed E-state index contributed by atoms with van der Waals surface area (Å²) in [6, 6.07) is 3.51. The summed E-state index contributed by atoms with van der Waals surface area (Å²) in [5.41, 5.74) is 5.76. The molecule has 3 N–H and O–H groups in total. The molecule has 0 radical (unpaired) electrons. The lowest BCUT2D eigenvalue weighted by atomic mass is 10.5. The maximum Gasteiger partial charge on any atom is 0.125 e. The standard InChI is InChI=1S/C6H8BrN3/c7-5-1-2-6(9)10(3-5)4-8/h1-3,9H,4,8H2. The van der Waals surface area contributed by atoms with Crippen molar-refractivity contribution in [1.29, 1.82) is 5.41 Å². The maximum absolute atomic E-state index is 7.33. The van der Waals surface area contributed by atoms with E-state index in [0.717, 1.165) is 4.47 Å². The van der Waals surface area contributed by atoms with Crippen LogP contribution >= 0.6 is 15.9 Å². The number of hydrogen-bond acceptors (Lipinski definition) is 2. The van der Waals surface area contributed by atoms with Gasteiger partial charge in [0, 0.05) is 10.7 Å². The van der Waals surface area contributed by atoms with E-state index in [4.69, 9.17) is 11.1 Å². The van der Waals surface area contributed by atoms with Gasteiger partial charge in [-0.15, -0.1) is 0 Å². The lowest BCUT2D eigenvalue weighted by Gasteiger charge is -2.01. The van der Waals surface area contributed by atoms with Gasteiger partial charge < -0.3 is 10.3 Å². The first-order valence-electron chi connectivity index (χ1n) is 2.84. The molecule has 0 unspecified atom stereocenters. The van der Waals surface area contributed by atoms with Gasteiger partial charge in [0.05, 0.1) is 6.67 Å². The third-order valence-electron chi connectivity index (χ3n) is 1.19. The van der Waals surface area contributed by atoms with Crippen molar-refractivity contribution in [2.45, 2.75) is 6.67 Å². The van der Waals surface area contributed by atoms with Gasteiger partial charge in [-0.1, -0.05) is 0 Å². The Morgan fingerprint density at radius 3 is 2.80 bits per heavy atom. The summed E-state index contributed by atoms with van der Waals surface area (Å²) in [6.45, 7) is 0.346. The van der Waals surface area contributed by atoms with E-state index < -0.39 is 0 Å². The van der Waals surface area contributed by atoms with Crippen LogP contribution in [-0.2, 0) is 6.67 Å². The van der Waals surface area contributed by atoms with Crippen molar-refractivity contribution in [2.75, 3.05) is 0 Å². The normalized spacial score (nSPS) is 9.80. The Hall–Kier alpha value is -0.610. The second-order valence-corrected chi connectivity index (χ2v) is 2.80. The summed E-state index contributed by atoms with van der Waals surface area (Å²) in [5.74, 6) is 0. The lowest BCUT2D eigenvalue weighted by Crippen LogP contribution is -2.22. The van der Waals surface area contributed by atoms with Crippen molar-refractivity contribution in [1.82, 2.24) is 4.57 Å². The fraction of sp³-hybridized carbons (Fsp3) is 0.167. The monoisotopic (exact) mass is 201 g/mol. The number of nitrogens with two attached hydrogens (primary N) is 1. The highest BCUT2D eigenvalue weighted by molar-refractivity contribution is 9.10. The van der Waals surface area contributed by atoms with Crippen LogP contribution < -0.4 is 11.2 Å². The van der Waals surface area contributed by atoms with Gasteiger partial charge >= 0.3 is 0 Å². The van der Waals surface area contributed by atoms with Crippen LogP contribution in [0.3, 0.4) is 0 Å². The largest absolute Gasteiger partial charge is 0.319 e. The van der Waals surface area contributed by atoms with E-state index in [1.807, 2.05) is 6.07 Å². The van der Waals surface area contributed by atoms with Gasteiger partial charge in [0.2, 0.25) is 0 Å². The highest BCUT2D eigenvalue weighted by Gasteiger charge is 1.88. The molecule has 0 aromatic carbocycles. The van der Waals surface area contributed by atoms with E-state index >= 15 is 0 Å². The van der Waals surface area contributed by atoms with Gasteiger partial charge in [0.25, 0.3) is 0 Å². The van der Waals surface area contributed by atoms with Gasteiger partial charge in [0.1, 0.15) is 5.49 Å². The van der Waals surface area contributed by atoms with Gasteiger partial charge in [0.15, 0.2) is 0 Å². The summed E-state index contributed by atoms with van der Waals surface area (Å²) in [4.78, 5) is 0.